The highest BCUT2D eigenvalue weighted by molar-refractivity contribution is 5.09. The van der Waals surface area contributed by atoms with Gasteiger partial charge in [-0.1, -0.05) is 34.1 Å². The standard InChI is InChI=1S/C25H44O/c1-17-11-13-24(3)19(16-17)7-8-20-22-10-9-21(18(2)6-5-15-26)25(22,4)14-12-23(20)24/h17-23,26H,5-16H2,1-4H3/t17-,18+,19-,20?,21+,22?,23?,24-,25+/m0/s1. The summed E-state index contributed by atoms with van der Waals surface area (Å²) in [6.45, 7) is 10.7. The molecular formula is C25H44O. The molecule has 4 aliphatic rings. The van der Waals surface area contributed by atoms with Crippen LogP contribution in [0.2, 0.25) is 0 Å². The molecule has 1 heteroatoms. The molecule has 26 heavy (non-hydrogen) atoms. The van der Waals surface area contributed by atoms with E-state index < -0.39 is 0 Å². The first-order chi connectivity index (χ1) is 12.4. The summed E-state index contributed by atoms with van der Waals surface area (Å²) < 4.78 is 0. The normalized spacial score (nSPS) is 52.0. The van der Waals surface area contributed by atoms with Crippen LogP contribution in [-0.4, -0.2) is 11.7 Å². The quantitative estimate of drug-likeness (QED) is 0.592. The zero-order chi connectivity index (χ0) is 18.5. The smallest absolute Gasteiger partial charge is 0.0431 e. The monoisotopic (exact) mass is 360 g/mol. The summed E-state index contributed by atoms with van der Waals surface area (Å²) in [6.07, 6.45) is 15.8. The molecule has 150 valence electrons. The molecule has 0 aliphatic heterocycles. The van der Waals surface area contributed by atoms with Gasteiger partial charge in [0.05, 0.1) is 0 Å². The van der Waals surface area contributed by atoms with Gasteiger partial charge in [0.2, 0.25) is 0 Å². The SMILES string of the molecule is C[C@H]1CC[C@]2(C)C3CC[C@@]4(C)C(CC[C@@H]4[C@H](C)CCCO)C3CC[C@H]2C1. The topological polar surface area (TPSA) is 20.2 Å². The highest BCUT2D eigenvalue weighted by Gasteiger charge is 2.60. The Hall–Kier alpha value is -0.0400. The molecule has 0 aromatic heterocycles. The van der Waals surface area contributed by atoms with Crippen LogP contribution in [0.25, 0.3) is 0 Å². The summed E-state index contributed by atoms with van der Waals surface area (Å²) >= 11 is 0. The molecule has 0 saturated heterocycles. The first kappa shape index (κ1) is 19.3. The van der Waals surface area contributed by atoms with Gasteiger partial charge in [-0.2, -0.15) is 0 Å². The fourth-order valence-corrected chi connectivity index (χ4v) is 9.06. The van der Waals surface area contributed by atoms with Crippen LogP contribution in [0.15, 0.2) is 0 Å². The highest BCUT2D eigenvalue weighted by Crippen LogP contribution is 2.68. The van der Waals surface area contributed by atoms with E-state index in [1.54, 1.807) is 0 Å². The van der Waals surface area contributed by atoms with Gasteiger partial charge in [0, 0.05) is 6.61 Å². The molecule has 1 N–H and O–H groups in total. The van der Waals surface area contributed by atoms with E-state index in [0.29, 0.717) is 17.4 Å². The maximum Gasteiger partial charge on any atom is 0.0431 e. The van der Waals surface area contributed by atoms with Crippen molar-refractivity contribution in [1.29, 1.82) is 0 Å². The molecule has 4 rings (SSSR count). The van der Waals surface area contributed by atoms with Crippen LogP contribution in [0.1, 0.15) is 98.3 Å². The number of fused-ring (bicyclic) bond motifs is 5. The van der Waals surface area contributed by atoms with E-state index in [0.717, 1.165) is 47.8 Å². The maximum absolute atomic E-state index is 9.27. The lowest BCUT2D eigenvalue weighted by molar-refractivity contribution is -0.120. The van der Waals surface area contributed by atoms with Gasteiger partial charge < -0.3 is 5.11 Å². The summed E-state index contributed by atoms with van der Waals surface area (Å²) in [6, 6.07) is 0. The lowest BCUT2D eigenvalue weighted by Crippen LogP contribution is -2.53. The molecule has 0 bridgehead atoms. The molecule has 0 aromatic carbocycles. The van der Waals surface area contributed by atoms with E-state index in [9.17, 15) is 5.11 Å². The second-order valence-corrected chi connectivity index (χ2v) is 11.6. The lowest BCUT2D eigenvalue weighted by Gasteiger charge is -2.61. The Bertz CT molecular complexity index is 500. The second kappa shape index (κ2) is 7.09. The number of hydrogen-bond acceptors (Lipinski definition) is 1. The van der Waals surface area contributed by atoms with Crippen LogP contribution in [0.5, 0.6) is 0 Å². The van der Waals surface area contributed by atoms with E-state index >= 15 is 0 Å². The first-order valence-corrected chi connectivity index (χ1v) is 12.0. The fourth-order valence-electron chi connectivity index (χ4n) is 9.06. The largest absolute Gasteiger partial charge is 0.396 e. The van der Waals surface area contributed by atoms with Crippen LogP contribution in [0.4, 0.5) is 0 Å². The average Bonchev–Trinajstić information content (AvgIpc) is 2.97. The molecule has 3 unspecified atom stereocenters. The third-order valence-electron chi connectivity index (χ3n) is 10.5. The fraction of sp³-hybridized carbons (Fsp3) is 1.00. The molecule has 0 aromatic rings. The second-order valence-electron chi connectivity index (χ2n) is 11.6. The molecule has 0 radical (unpaired) electrons. The van der Waals surface area contributed by atoms with E-state index in [1.807, 2.05) is 0 Å². The van der Waals surface area contributed by atoms with Crippen LogP contribution in [0.3, 0.4) is 0 Å². The minimum absolute atomic E-state index is 0.375. The molecule has 4 aliphatic carbocycles. The van der Waals surface area contributed by atoms with Gasteiger partial charge in [-0.05, 0) is 116 Å². The summed E-state index contributed by atoms with van der Waals surface area (Å²) in [5, 5.41) is 9.27. The number of aliphatic hydroxyl groups is 1. The van der Waals surface area contributed by atoms with Gasteiger partial charge in [0.1, 0.15) is 0 Å². The Morgan fingerprint density at radius 3 is 2.42 bits per heavy atom. The first-order valence-electron chi connectivity index (χ1n) is 12.0. The molecule has 1 nitrogen and oxygen atoms in total. The Morgan fingerprint density at radius 2 is 1.65 bits per heavy atom. The summed E-state index contributed by atoms with van der Waals surface area (Å²) in [5.41, 5.74) is 1.26. The van der Waals surface area contributed by atoms with Crippen molar-refractivity contribution in [3.05, 3.63) is 0 Å². The van der Waals surface area contributed by atoms with E-state index in [-0.39, 0.29) is 0 Å². The van der Waals surface area contributed by atoms with Crippen molar-refractivity contribution in [3.8, 4) is 0 Å². The van der Waals surface area contributed by atoms with Crippen LogP contribution in [-0.2, 0) is 0 Å². The Labute approximate surface area is 162 Å². The third kappa shape index (κ3) is 2.90. The van der Waals surface area contributed by atoms with Crippen molar-refractivity contribution in [2.24, 2.45) is 52.3 Å². The van der Waals surface area contributed by atoms with E-state index in [4.69, 9.17) is 0 Å². The highest BCUT2D eigenvalue weighted by atomic mass is 16.2. The Kier molecular flexibility index (Phi) is 5.26. The van der Waals surface area contributed by atoms with Crippen molar-refractivity contribution >= 4 is 0 Å². The van der Waals surface area contributed by atoms with Crippen molar-refractivity contribution in [2.45, 2.75) is 98.3 Å². The van der Waals surface area contributed by atoms with Crippen LogP contribution in [0, 0.1) is 52.3 Å². The number of aliphatic hydroxyl groups excluding tert-OH is 1. The van der Waals surface area contributed by atoms with Gasteiger partial charge >= 0.3 is 0 Å². The maximum atomic E-state index is 9.27. The van der Waals surface area contributed by atoms with Crippen LogP contribution >= 0.6 is 0 Å². The number of rotatable bonds is 4. The lowest BCUT2D eigenvalue weighted by atomic mass is 9.44. The van der Waals surface area contributed by atoms with Crippen molar-refractivity contribution < 1.29 is 5.11 Å². The zero-order valence-corrected chi connectivity index (χ0v) is 18.0. The van der Waals surface area contributed by atoms with Crippen LogP contribution < -0.4 is 0 Å². The summed E-state index contributed by atoms with van der Waals surface area (Å²) in [4.78, 5) is 0. The van der Waals surface area contributed by atoms with Crippen molar-refractivity contribution in [3.63, 3.8) is 0 Å². The molecule has 0 heterocycles. The minimum atomic E-state index is 0.375. The summed E-state index contributed by atoms with van der Waals surface area (Å²) in [7, 11) is 0. The average molecular weight is 361 g/mol. The molecule has 0 spiro atoms. The van der Waals surface area contributed by atoms with Gasteiger partial charge in [-0.25, -0.2) is 0 Å². The third-order valence-corrected chi connectivity index (χ3v) is 10.5. The number of hydrogen-bond donors (Lipinski definition) is 1. The summed E-state index contributed by atoms with van der Waals surface area (Å²) in [5.74, 6) is 6.77. The van der Waals surface area contributed by atoms with Gasteiger partial charge in [-0.3, -0.25) is 0 Å². The van der Waals surface area contributed by atoms with E-state index in [1.165, 1.54) is 64.2 Å². The predicted octanol–water partition coefficient (Wildman–Crippen LogP) is 6.69. The van der Waals surface area contributed by atoms with Gasteiger partial charge in [0.15, 0.2) is 0 Å². The van der Waals surface area contributed by atoms with Crippen molar-refractivity contribution in [2.75, 3.05) is 6.61 Å². The zero-order valence-electron chi connectivity index (χ0n) is 18.0. The van der Waals surface area contributed by atoms with Gasteiger partial charge in [0.25, 0.3) is 0 Å². The molecule has 9 atom stereocenters. The molecule has 4 saturated carbocycles. The predicted molar refractivity (Wildman–Crippen MR) is 110 cm³/mol. The van der Waals surface area contributed by atoms with E-state index in [2.05, 4.69) is 27.7 Å². The molecule has 4 fully saturated rings. The molecule has 0 amide bonds. The Balaban J connectivity index is 1.52. The molecular weight excluding hydrogens is 316 g/mol. The van der Waals surface area contributed by atoms with Crippen molar-refractivity contribution in [1.82, 2.24) is 0 Å². The Morgan fingerprint density at radius 1 is 0.923 bits per heavy atom. The van der Waals surface area contributed by atoms with Gasteiger partial charge in [-0.15, -0.1) is 0 Å². The minimum Gasteiger partial charge on any atom is -0.396 e.